The van der Waals surface area contributed by atoms with Gasteiger partial charge < -0.3 is 5.32 Å². The minimum absolute atomic E-state index is 0.318. The molecule has 2 aromatic rings. The molecule has 2 nitrogen and oxygen atoms in total. The van der Waals surface area contributed by atoms with Crippen molar-refractivity contribution in [3.63, 3.8) is 0 Å². The van der Waals surface area contributed by atoms with Crippen LogP contribution in [0.1, 0.15) is 30.3 Å². The van der Waals surface area contributed by atoms with E-state index in [1.54, 1.807) is 11.3 Å². The zero-order chi connectivity index (χ0) is 13.0. The molecule has 0 saturated carbocycles. The predicted octanol–water partition coefficient (Wildman–Crippen LogP) is 4.43. The van der Waals surface area contributed by atoms with E-state index >= 15 is 0 Å². The zero-order valence-electron chi connectivity index (χ0n) is 10.6. The van der Waals surface area contributed by atoms with Crippen LogP contribution < -0.4 is 5.32 Å². The Hall–Kier alpha value is -1.79. The molecule has 1 unspecified atom stereocenters. The van der Waals surface area contributed by atoms with Gasteiger partial charge in [0, 0.05) is 10.6 Å². The highest BCUT2D eigenvalue weighted by molar-refractivity contribution is 7.10. The van der Waals surface area contributed by atoms with Crippen LogP contribution in [-0.4, -0.2) is 0 Å². The molecule has 0 aliphatic heterocycles. The number of thiophene rings is 1. The Morgan fingerprint density at radius 2 is 1.89 bits per heavy atom. The van der Waals surface area contributed by atoms with Crippen molar-refractivity contribution in [1.29, 1.82) is 5.26 Å². The quantitative estimate of drug-likeness (QED) is 0.878. The summed E-state index contributed by atoms with van der Waals surface area (Å²) in [6, 6.07) is 14.3. The van der Waals surface area contributed by atoms with Crippen molar-refractivity contribution in [2.45, 2.75) is 19.9 Å². The van der Waals surface area contributed by atoms with E-state index in [1.807, 2.05) is 24.3 Å². The number of rotatable bonds is 4. The van der Waals surface area contributed by atoms with Crippen LogP contribution in [0.5, 0.6) is 0 Å². The van der Waals surface area contributed by atoms with Gasteiger partial charge in [-0.25, -0.2) is 0 Å². The van der Waals surface area contributed by atoms with Gasteiger partial charge in [-0.1, -0.05) is 19.9 Å². The molecule has 1 atom stereocenters. The van der Waals surface area contributed by atoms with E-state index in [1.165, 1.54) is 4.88 Å². The molecule has 2 rings (SSSR count). The van der Waals surface area contributed by atoms with E-state index in [0.29, 0.717) is 17.5 Å². The van der Waals surface area contributed by atoms with Crippen LogP contribution >= 0.6 is 11.3 Å². The molecular formula is C15H16N2S. The van der Waals surface area contributed by atoms with Crippen LogP contribution in [-0.2, 0) is 0 Å². The topological polar surface area (TPSA) is 35.8 Å². The lowest BCUT2D eigenvalue weighted by Crippen LogP contribution is -2.15. The van der Waals surface area contributed by atoms with Crippen molar-refractivity contribution in [3.8, 4) is 6.07 Å². The smallest absolute Gasteiger partial charge is 0.0991 e. The molecular weight excluding hydrogens is 240 g/mol. The molecule has 0 bridgehead atoms. The molecule has 1 aromatic heterocycles. The molecule has 0 aliphatic carbocycles. The van der Waals surface area contributed by atoms with Gasteiger partial charge in [-0.3, -0.25) is 0 Å². The normalized spacial score (nSPS) is 12.1. The predicted molar refractivity (Wildman–Crippen MR) is 76.7 cm³/mol. The number of nitriles is 1. The molecule has 0 fully saturated rings. The first-order chi connectivity index (χ1) is 8.70. The summed E-state index contributed by atoms with van der Waals surface area (Å²) in [5, 5.41) is 14.4. The molecule has 18 heavy (non-hydrogen) atoms. The summed E-state index contributed by atoms with van der Waals surface area (Å²) in [5.41, 5.74) is 1.75. The van der Waals surface area contributed by atoms with Gasteiger partial charge in [-0.05, 0) is 41.6 Å². The summed E-state index contributed by atoms with van der Waals surface area (Å²) in [7, 11) is 0. The third-order valence-electron chi connectivity index (χ3n) is 2.85. The highest BCUT2D eigenvalue weighted by atomic mass is 32.1. The van der Waals surface area contributed by atoms with Gasteiger partial charge in [-0.15, -0.1) is 11.3 Å². The first kappa shape index (κ1) is 12.7. The van der Waals surface area contributed by atoms with E-state index < -0.39 is 0 Å². The number of benzene rings is 1. The molecule has 0 saturated heterocycles. The first-order valence-corrected chi connectivity index (χ1v) is 6.89. The van der Waals surface area contributed by atoms with Crippen molar-refractivity contribution in [3.05, 3.63) is 52.2 Å². The Bertz CT molecular complexity index is 521. The van der Waals surface area contributed by atoms with E-state index in [2.05, 4.69) is 42.7 Å². The largest absolute Gasteiger partial charge is 0.377 e. The van der Waals surface area contributed by atoms with Gasteiger partial charge in [0.2, 0.25) is 0 Å². The lowest BCUT2D eigenvalue weighted by molar-refractivity contribution is 0.554. The summed E-state index contributed by atoms with van der Waals surface area (Å²) in [6.45, 7) is 4.42. The minimum atomic E-state index is 0.318. The summed E-state index contributed by atoms with van der Waals surface area (Å²) in [5.74, 6) is 0.513. The summed E-state index contributed by atoms with van der Waals surface area (Å²) in [6.07, 6.45) is 0. The van der Waals surface area contributed by atoms with Gasteiger partial charge in [0.05, 0.1) is 17.7 Å². The van der Waals surface area contributed by atoms with E-state index in [9.17, 15) is 0 Å². The SMILES string of the molecule is CC(C)C(Nc1ccc(C#N)cc1)c1cccs1. The number of anilines is 1. The fourth-order valence-corrected chi connectivity index (χ4v) is 2.80. The second-order valence-corrected chi connectivity index (χ2v) is 5.55. The fourth-order valence-electron chi connectivity index (χ4n) is 1.86. The number of nitrogens with one attached hydrogen (secondary N) is 1. The zero-order valence-corrected chi connectivity index (χ0v) is 11.4. The molecule has 0 radical (unpaired) electrons. The summed E-state index contributed by atoms with van der Waals surface area (Å²) < 4.78 is 0. The second-order valence-electron chi connectivity index (χ2n) is 4.57. The van der Waals surface area contributed by atoms with Crippen molar-refractivity contribution >= 4 is 17.0 Å². The standard InChI is InChI=1S/C15H16N2S/c1-11(2)15(14-4-3-9-18-14)17-13-7-5-12(10-16)6-8-13/h3-9,11,15,17H,1-2H3. The maximum atomic E-state index is 8.78. The highest BCUT2D eigenvalue weighted by Gasteiger charge is 2.16. The number of nitrogens with zero attached hydrogens (tertiary/aromatic N) is 1. The Morgan fingerprint density at radius 1 is 1.17 bits per heavy atom. The fraction of sp³-hybridized carbons (Fsp3) is 0.267. The Balaban J connectivity index is 2.16. The maximum Gasteiger partial charge on any atom is 0.0991 e. The Morgan fingerprint density at radius 3 is 2.39 bits per heavy atom. The van der Waals surface area contributed by atoms with Crippen LogP contribution in [0, 0.1) is 17.2 Å². The molecule has 0 amide bonds. The highest BCUT2D eigenvalue weighted by Crippen LogP contribution is 2.29. The van der Waals surface area contributed by atoms with Gasteiger partial charge >= 0.3 is 0 Å². The summed E-state index contributed by atoms with van der Waals surface area (Å²) in [4.78, 5) is 1.34. The van der Waals surface area contributed by atoms with E-state index in [4.69, 9.17) is 5.26 Å². The first-order valence-electron chi connectivity index (χ1n) is 6.01. The molecule has 0 aliphatic rings. The number of hydrogen-bond donors (Lipinski definition) is 1. The third-order valence-corrected chi connectivity index (χ3v) is 3.81. The van der Waals surface area contributed by atoms with Crippen LogP contribution in [0.2, 0.25) is 0 Å². The van der Waals surface area contributed by atoms with E-state index in [0.717, 1.165) is 5.69 Å². The minimum Gasteiger partial charge on any atom is -0.377 e. The molecule has 0 spiro atoms. The lowest BCUT2D eigenvalue weighted by atomic mass is 10.0. The Labute approximate surface area is 112 Å². The molecule has 1 heterocycles. The Kier molecular flexibility index (Phi) is 4.01. The molecule has 3 heteroatoms. The molecule has 92 valence electrons. The maximum absolute atomic E-state index is 8.78. The van der Waals surface area contributed by atoms with Crippen molar-refractivity contribution in [2.24, 2.45) is 5.92 Å². The van der Waals surface area contributed by atoms with Gasteiger partial charge in [0.25, 0.3) is 0 Å². The van der Waals surface area contributed by atoms with Crippen LogP contribution in [0.15, 0.2) is 41.8 Å². The lowest BCUT2D eigenvalue weighted by Gasteiger charge is -2.22. The van der Waals surface area contributed by atoms with Crippen LogP contribution in [0.4, 0.5) is 5.69 Å². The average Bonchev–Trinajstić information content (AvgIpc) is 2.90. The average molecular weight is 256 g/mol. The van der Waals surface area contributed by atoms with Gasteiger partial charge in [0.1, 0.15) is 0 Å². The molecule has 1 N–H and O–H groups in total. The van der Waals surface area contributed by atoms with Crippen molar-refractivity contribution in [1.82, 2.24) is 0 Å². The third kappa shape index (κ3) is 2.91. The van der Waals surface area contributed by atoms with Crippen LogP contribution in [0.3, 0.4) is 0 Å². The van der Waals surface area contributed by atoms with E-state index in [-0.39, 0.29) is 0 Å². The second kappa shape index (κ2) is 5.70. The van der Waals surface area contributed by atoms with Crippen LogP contribution in [0.25, 0.3) is 0 Å². The van der Waals surface area contributed by atoms with Gasteiger partial charge in [0.15, 0.2) is 0 Å². The van der Waals surface area contributed by atoms with Crippen molar-refractivity contribution in [2.75, 3.05) is 5.32 Å². The van der Waals surface area contributed by atoms with Crippen molar-refractivity contribution < 1.29 is 0 Å². The molecule has 1 aromatic carbocycles. The monoisotopic (exact) mass is 256 g/mol. The summed E-state index contributed by atoms with van der Waals surface area (Å²) >= 11 is 1.77. The van der Waals surface area contributed by atoms with Gasteiger partial charge in [-0.2, -0.15) is 5.26 Å². The number of hydrogen-bond acceptors (Lipinski definition) is 3.